The maximum atomic E-state index is 6.26. The highest BCUT2D eigenvalue weighted by Gasteiger charge is 2.12. The smallest absolute Gasteiger partial charge is 0.0809 e. The third kappa shape index (κ3) is 1.99. The van der Waals surface area contributed by atoms with Crippen LogP contribution in [0, 0.1) is 6.92 Å². The lowest BCUT2D eigenvalue weighted by atomic mass is 10.1. The third-order valence-electron chi connectivity index (χ3n) is 2.75. The van der Waals surface area contributed by atoms with Gasteiger partial charge in [0.15, 0.2) is 0 Å². The van der Waals surface area contributed by atoms with Crippen LogP contribution in [0.2, 0.25) is 0 Å². The van der Waals surface area contributed by atoms with Crippen LogP contribution in [-0.4, -0.2) is 4.98 Å². The van der Waals surface area contributed by atoms with E-state index in [4.69, 9.17) is 5.73 Å². The zero-order chi connectivity index (χ0) is 11.8. The molecule has 3 aromatic rings. The van der Waals surface area contributed by atoms with Crippen molar-refractivity contribution in [2.75, 3.05) is 0 Å². The molecule has 0 saturated carbocycles. The molecule has 0 spiro atoms. The standard InChI is InChI=1S/C13H12N2S2/c1-8-2-3-11(17-8)13(14)9-6-12-10(15-7-9)4-5-16-12/h2-7,13H,14H2,1H3. The molecule has 86 valence electrons. The Morgan fingerprint density at radius 3 is 2.94 bits per heavy atom. The van der Waals surface area contributed by atoms with Gasteiger partial charge in [-0.05, 0) is 42.1 Å². The van der Waals surface area contributed by atoms with Crippen molar-refractivity contribution in [3.63, 3.8) is 0 Å². The first-order chi connectivity index (χ1) is 8.24. The van der Waals surface area contributed by atoms with Gasteiger partial charge in [0.25, 0.3) is 0 Å². The summed E-state index contributed by atoms with van der Waals surface area (Å²) in [5.41, 5.74) is 8.40. The quantitative estimate of drug-likeness (QED) is 0.762. The van der Waals surface area contributed by atoms with Crippen molar-refractivity contribution in [2.45, 2.75) is 13.0 Å². The minimum absolute atomic E-state index is 0.0623. The van der Waals surface area contributed by atoms with Crippen molar-refractivity contribution in [3.8, 4) is 0 Å². The summed E-state index contributed by atoms with van der Waals surface area (Å²) in [6, 6.07) is 8.32. The first kappa shape index (κ1) is 10.9. The Hall–Kier alpha value is -1.23. The summed E-state index contributed by atoms with van der Waals surface area (Å²) in [6.07, 6.45) is 1.88. The van der Waals surface area contributed by atoms with Crippen molar-refractivity contribution in [3.05, 3.63) is 51.2 Å². The van der Waals surface area contributed by atoms with E-state index in [0.717, 1.165) is 11.1 Å². The van der Waals surface area contributed by atoms with E-state index in [1.54, 1.807) is 22.7 Å². The van der Waals surface area contributed by atoms with Crippen LogP contribution in [0.1, 0.15) is 21.4 Å². The third-order valence-corrected chi connectivity index (χ3v) is 4.69. The topological polar surface area (TPSA) is 38.9 Å². The number of nitrogens with zero attached hydrogens (tertiary/aromatic N) is 1. The number of fused-ring (bicyclic) bond motifs is 1. The van der Waals surface area contributed by atoms with Crippen LogP contribution in [-0.2, 0) is 0 Å². The number of hydrogen-bond acceptors (Lipinski definition) is 4. The first-order valence-electron chi connectivity index (χ1n) is 5.39. The summed E-state index contributed by atoms with van der Waals surface area (Å²) in [5.74, 6) is 0. The number of aromatic nitrogens is 1. The Labute approximate surface area is 108 Å². The molecule has 2 nitrogen and oxygen atoms in total. The van der Waals surface area contributed by atoms with E-state index in [-0.39, 0.29) is 6.04 Å². The number of rotatable bonds is 2. The highest BCUT2D eigenvalue weighted by atomic mass is 32.1. The molecule has 3 heterocycles. The van der Waals surface area contributed by atoms with Crippen LogP contribution in [0.3, 0.4) is 0 Å². The lowest BCUT2D eigenvalue weighted by Crippen LogP contribution is -2.10. The molecule has 4 heteroatoms. The molecule has 1 unspecified atom stereocenters. The highest BCUT2D eigenvalue weighted by Crippen LogP contribution is 2.28. The molecule has 0 saturated heterocycles. The van der Waals surface area contributed by atoms with Gasteiger partial charge in [-0.1, -0.05) is 0 Å². The fourth-order valence-corrected chi connectivity index (χ4v) is 3.51. The van der Waals surface area contributed by atoms with Crippen molar-refractivity contribution in [1.82, 2.24) is 4.98 Å². The SMILES string of the molecule is Cc1ccc(C(N)c2cnc3ccsc3c2)s1. The Morgan fingerprint density at radius 1 is 1.29 bits per heavy atom. The van der Waals surface area contributed by atoms with Gasteiger partial charge < -0.3 is 5.73 Å². The molecule has 3 aromatic heterocycles. The molecule has 0 aliphatic heterocycles. The number of aryl methyl sites for hydroxylation is 1. The fourth-order valence-electron chi connectivity index (χ4n) is 1.82. The van der Waals surface area contributed by atoms with E-state index in [2.05, 4.69) is 35.5 Å². The van der Waals surface area contributed by atoms with Crippen molar-refractivity contribution >= 4 is 32.9 Å². The van der Waals surface area contributed by atoms with Gasteiger partial charge in [0.1, 0.15) is 0 Å². The first-order valence-corrected chi connectivity index (χ1v) is 7.09. The molecule has 0 aromatic carbocycles. The van der Waals surface area contributed by atoms with Gasteiger partial charge in [0.05, 0.1) is 16.3 Å². The minimum Gasteiger partial charge on any atom is -0.320 e. The van der Waals surface area contributed by atoms with Gasteiger partial charge >= 0.3 is 0 Å². The Bertz CT molecular complexity index is 654. The van der Waals surface area contributed by atoms with E-state index in [1.165, 1.54) is 14.5 Å². The lowest BCUT2D eigenvalue weighted by Gasteiger charge is -2.09. The van der Waals surface area contributed by atoms with Gasteiger partial charge in [-0.3, -0.25) is 4.98 Å². The maximum Gasteiger partial charge on any atom is 0.0809 e. The van der Waals surface area contributed by atoms with Crippen LogP contribution in [0.5, 0.6) is 0 Å². The summed E-state index contributed by atoms with van der Waals surface area (Å²) >= 11 is 3.45. The normalized spacial score (nSPS) is 13.1. The van der Waals surface area contributed by atoms with E-state index < -0.39 is 0 Å². The zero-order valence-electron chi connectivity index (χ0n) is 9.38. The van der Waals surface area contributed by atoms with Crippen molar-refractivity contribution in [1.29, 1.82) is 0 Å². The van der Waals surface area contributed by atoms with Crippen molar-refractivity contribution < 1.29 is 0 Å². The van der Waals surface area contributed by atoms with E-state index in [0.29, 0.717) is 0 Å². The van der Waals surface area contributed by atoms with Gasteiger partial charge in [-0.25, -0.2) is 0 Å². The average molecular weight is 260 g/mol. The predicted octanol–water partition coefficient (Wildman–Crippen LogP) is 3.71. The summed E-state index contributed by atoms with van der Waals surface area (Å²) in [7, 11) is 0. The second-order valence-corrected chi connectivity index (χ2v) is 6.27. The van der Waals surface area contributed by atoms with E-state index >= 15 is 0 Å². The fraction of sp³-hybridized carbons (Fsp3) is 0.154. The minimum atomic E-state index is -0.0623. The molecule has 0 amide bonds. The van der Waals surface area contributed by atoms with Crippen LogP contribution >= 0.6 is 22.7 Å². The number of pyridine rings is 1. The molecule has 2 N–H and O–H groups in total. The zero-order valence-corrected chi connectivity index (χ0v) is 11.0. The Kier molecular flexibility index (Phi) is 2.70. The molecule has 17 heavy (non-hydrogen) atoms. The van der Waals surface area contributed by atoms with Crippen LogP contribution in [0.25, 0.3) is 10.2 Å². The van der Waals surface area contributed by atoms with Crippen LogP contribution in [0.4, 0.5) is 0 Å². The van der Waals surface area contributed by atoms with Crippen molar-refractivity contribution in [2.24, 2.45) is 5.73 Å². The van der Waals surface area contributed by atoms with Gasteiger partial charge in [0, 0.05) is 16.0 Å². The monoisotopic (exact) mass is 260 g/mol. The number of hydrogen-bond donors (Lipinski definition) is 1. The van der Waals surface area contributed by atoms with Gasteiger partial charge in [-0.15, -0.1) is 22.7 Å². The summed E-state index contributed by atoms with van der Waals surface area (Å²) in [6.45, 7) is 2.10. The lowest BCUT2D eigenvalue weighted by molar-refractivity contribution is 0.889. The molecule has 0 fully saturated rings. The summed E-state index contributed by atoms with van der Waals surface area (Å²) in [4.78, 5) is 6.92. The predicted molar refractivity (Wildman–Crippen MR) is 74.7 cm³/mol. The number of nitrogens with two attached hydrogens (primary N) is 1. The van der Waals surface area contributed by atoms with Gasteiger partial charge in [0.2, 0.25) is 0 Å². The molecule has 0 bridgehead atoms. The molecule has 0 aliphatic carbocycles. The molecule has 1 atom stereocenters. The highest BCUT2D eigenvalue weighted by molar-refractivity contribution is 7.17. The molecule has 0 aliphatic rings. The second kappa shape index (κ2) is 4.22. The second-order valence-electron chi connectivity index (χ2n) is 4.00. The number of thiophene rings is 2. The van der Waals surface area contributed by atoms with Gasteiger partial charge in [-0.2, -0.15) is 0 Å². The van der Waals surface area contributed by atoms with Crippen LogP contribution < -0.4 is 5.73 Å². The molecular formula is C13H12N2S2. The largest absolute Gasteiger partial charge is 0.320 e. The van der Waals surface area contributed by atoms with E-state index in [1.807, 2.05) is 12.3 Å². The summed E-state index contributed by atoms with van der Waals surface area (Å²) < 4.78 is 1.20. The molecule has 0 radical (unpaired) electrons. The molecular weight excluding hydrogens is 248 g/mol. The van der Waals surface area contributed by atoms with Crippen LogP contribution in [0.15, 0.2) is 35.8 Å². The average Bonchev–Trinajstić information content (AvgIpc) is 2.95. The summed E-state index contributed by atoms with van der Waals surface area (Å²) in [5, 5.41) is 2.06. The maximum absolute atomic E-state index is 6.26. The van der Waals surface area contributed by atoms with E-state index in [9.17, 15) is 0 Å². The molecule has 3 rings (SSSR count). The Balaban J connectivity index is 2.02. The Morgan fingerprint density at radius 2 is 2.18 bits per heavy atom.